The van der Waals surface area contributed by atoms with Gasteiger partial charge in [-0.15, -0.1) is 0 Å². The third-order valence-electron chi connectivity index (χ3n) is 2.95. The van der Waals surface area contributed by atoms with Crippen LogP contribution in [0.25, 0.3) is 0 Å². The van der Waals surface area contributed by atoms with Gasteiger partial charge < -0.3 is 14.8 Å². The van der Waals surface area contributed by atoms with Gasteiger partial charge in [-0.3, -0.25) is 0 Å². The van der Waals surface area contributed by atoms with Crippen LogP contribution in [-0.4, -0.2) is 44.2 Å². The molecule has 1 N–H and O–H groups in total. The first-order valence-electron chi connectivity index (χ1n) is 6.51. The molecule has 1 aliphatic carbocycles. The van der Waals surface area contributed by atoms with Gasteiger partial charge >= 0.3 is 6.18 Å². The van der Waals surface area contributed by atoms with Gasteiger partial charge in [-0.25, -0.2) is 0 Å². The summed E-state index contributed by atoms with van der Waals surface area (Å²) in [5.74, 6) is 0. The lowest BCUT2D eigenvalue weighted by Gasteiger charge is -2.44. The molecule has 0 bridgehead atoms. The highest BCUT2D eigenvalue weighted by Crippen LogP contribution is 2.29. The van der Waals surface area contributed by atoms with E-state index in [-0.39, 0.29) is 24.9 Å². The van der Waals surface area contributed by atoms with Crippen LogP contribution in [0, 0.1) is 0 Å². The molecule has 0 radical (unpaired) electrons. The van der Waals surface area contributed by atoms with E-state index in [1.807, 2.05) is 13.8 Å². The van der Waals surface area contributed by atoms with E-state index in [0.717, 1.165) is 19.4 Å². The largest absolute Gasteiger partial charge is 0.391 e. The van der Waals surface area contributed by atoms with E-state index in [9.17, 15) is 13.2 Å². The zero-order valence-corrected chi connectivity index (χ0v) is 10.9. The molecule has 0 amide bonds. The number of ether oxygens (including phenoxy) is 2. The van der Waals surface area contributed by atoms with Crippen LogP contribution in [0.15, 0.2) is 0 Å². The number of alkyl halides is 3. The van der Waals surface area contributed by atoms with Gasteiger partial charge in [0.25, 0.3) is 0 Å². The van der Waals surface area contributed by atoms with Gasteiger partial charge in [0.15, 0.2) is 0 Å². The van der Waals surface area contributed by atoms with Gasteiger partial charge in [0.2, 0.25) is 0 Å². The van der Waals surface area contributed by atoms with Crippen molar-refractivity contribution in [2.75, 3.05) is 19.8 Å². The smallest absolute Gasteiger partial charge is 0.375 e. The quantitative estimate of drug-likeness (QED) is 0.734. The van der Waals surface area contributed by atoms with Gasteiger partial charge in [0, 0.05) is 12.6 Å². The first-order valence-corrected chi connectivity index (χ1v) is 6.51. The summed E-state index contributed by atoms with van der Waals surface area (Å²) in [5.41, 5.74) is 0. The summed E-state index contributed by atoms with van der Waals surface area (Å²) in [7, 11) is 0. The van der Waals surface area contributed by atoms with Crippen LogP contribution in [0.1, 0.15) is 33.1 Å². The van der Waals surface area contributed by atoms with Crippen molar-refractivity contribution in [2.45, 2.75) is 57.5 Å². The Labute approximate surface area is 106 Å². The highest BCUT2D eigenvalue weighted by atomic mass is 19.4. The zero-order chi connectivity index (χ0) is 13.6. The zero-order valence-electron chi connectivity index (χ0n) is 10.9. The molecule has 0 aromatic carbocycles. The van der Waals surface area contributed by atoms with Crippen LogP contribution in [0.4, 0.5) is 13.2 Å². The molecule has 0 heterocycles. The molecule has 3 atom stereocenters. The second-order valence-corrected chi connectivity index (χ2v) is 4.51. The van der Waals surface area contributed by atoms with Crippen LogP contribution >= 0.6 is 0 Å². The summed E-state index contributed by atoms with van der Waals surface area (Å²) in [6.45, 7) is 5.16. The van der Waals surface area contributed by atoms with Crippen LogP contribution in [0.2, 0.25) is 0 Å². The van der Waals surface area contributed by atoms with E-state index in [2.05, 4.69) is 5.32 Å². The third-order valence-corrected chi connectivity index (χ3v) is 2.95. The van der Waals surface area contributed by atoms with Crippen LogP contribution in [0.5, 0.6) is 0 Å². The molecule has 3 nitrogen and oxygen atoms in total. The maximum absolute atomic E-state index is 12.0. The fourth-order valence-electron chi connectivity index (χ4n) is 2.01. The molecule has 1 aliphatic rings. The molecule has 18 heavy (non-hydrogen) atoms. The van der Waals surface area contributed by atoms with E-state index in [4.69, 9.17) is 9.47 Å². The lowest BCUT2D eigenvalue weighted by atomic mass is 9.85. The molecule has 3 unspecified atom stereocenters. The van der Waals surface area contributed by atoms with E-state index in [1.165, 1.54) is 0 Å². The second-order valence-electron chi connectivity index (χ2n) is 4.51. The summed E-state index contributed by atoms with van der Waals surface area (Å²) < 4.78 is 46.9. The molecule has 6 heteroatoms. The normalized spacial score (nSPS) is 28.2. The Balaban J connectivity index is 2.27. The summed E-state index contributed by atoms with van der Waals surface area (Å²) in [6, 6.07) is 0.206. The van der Waals surface area contributed by atoms with Crippen LogP contribution in [0.3, 0.4) is 0 Å². The van der Waals surface area contributed by atoms with Crippen molar-refractivity contribution in [1.29, 1.82) is 0 Å². The maximum Gasteiger partial charge on any atom is 0.391 e. The lowest BCUT2D eigenvalue weighted by molar-refractivity contribution is -0.178. The topological polar surface area (TPSA) is 30.5 Å². The maximum atomic E-state index is 12.0. The Hall–Kier alpha value is -0.330. The highest BCUT2D eigenvalue weighted by Gasteiger charge is 2.42. The number of nitrogens with one attached hydrogen (secondary N) is 1. The van der Waals surface area contributed by atoms with Gasteiger partial charge in [-0.05, 0) is 19.4 Å². The van der Waals surface area contributed by atoms with Crippen molar-refractivity contribution < 1.29 is 22.6 Å². The minimum absolute atomic E-state index is 0.113. The fraction of sp³-hybridized carbons (Fsp3) is 1.00. The Morgan fingerprint density at radius 3 is 2.44 bits per heavy atom. The number of hydrogen-bond acceptors (Lipinski definition) is 3. The predicted molar refractivity (Wildman–Crippen MR) is 62.5 cm³/mol. The van der Waals surface area contributed by atoms with Gasteiger partial charge in [-0.2, -0.15) is 13.2 Å². The molecule has 1 fully saturated rings. The number of likely N-dealkylation sites (N-methyl/N-ethyl adjacent to an activating group) is 1. The molecule has 0 aromatic rings. The van der Waals surface area contributed by atoms with Crippen molar-refractivity contribution in [3.8, 4) is 0 Å². The third kappa shape index (κ3) is 5.12. The fourth-order valence-corrected chi connectivity index (χ4v) is 2.01. The van der Waals surface area contributed by atoms with Crippen molar-refractivity contribution in [1.82, 2.24) is 5.32 Å². The molecule has 108 valence electrons. The first-order chi connectivity index (χ1) is 8.48. The summed E-state index contributed by atoms with van der Waals surface area (Å²) >= 11 is 0. The van der Waals surface area contributed by atoms with E-state index < -0.39 is 12.6 Å². The first kappa shape index (κ1) is 15.7. The molecule has 0 spiro atoms. The number of rotatable bonds is 8. The van der Waals surface area contributed by atoms with Crippen LogP contribution in [-0.2, 0) is 9.47 Å². The predicted octanol–water partition coefficient (Wildman–Crippen LogP) is 2.50. The summed E-state index contributed by atoms with van der Waals surface area (Å²) in [6.07, 6.45) is -3.74. The van der Waals surface area contributed by atoms with Crippen molar-refractivity contribution in [3.05, 3.63) is 0 Å². The van der Waals surface area contributed by atoms with Crippen LogP contribution < -0.4 is 5.32 Å². The average molecular weight is 269 g/mol. The Morgan fingerprint density at radius 1 is 1.17 bits per heavy atom. The number of halogens is 3. The molecule has 1 saturated carbocycles. The minimum atomic E-state index is -4.15. The minimum Gasteiger partial charge on any atom is -0.375 e. The van der Waals surface area contributed by atoms with Crippen molar-refractivity contribution >= 4 is 0 Å². The summed E-state index contributed by atoms with van der Waals surface area (Å²) in [4.78, 5) is 0. The highest BCUT2D eigenvalue weighted by molar-refractivity contribution is 4.97. The Morgan fingerprint density at radius 2 is 1.89 bits per heavy atom. The SMILES string of the molecule is CCCOC1C(NCC)CC1OCCC(F)(F)F. The molecular formula is C12H22F3NO2. The number of hydrogen-bond donors (Lipinski definition) is 1. The van der Waals surface area contributed by atoms with Crippen molar-refractivity contribution in [3.63, 3.8) is 0 Å². The summed E-state index contributed by atoms with van der Waals surface area (Å²) in [5, 5.41) is 3.25. The van der Waals surface area contributed by atoms with Gasteiger partial charge in [0.1, 0.15) is 0 Å². The monoisotopic (exact) mass is 269 g/mol. The van der Waals surface area contributed by atoms with E-state index >= 15 is 0 Å². The molecular weight excluding hydrogens is 247 g/mol. The Bertz CT molecular complexity index is 236. The molecule has 0 saturated heterocycles. The molecule has 0 aliphatic heterocycles. The molecule has 0 aromatic heterocycles. The van der Waals surface area contributed by atoms with E-state index in [1.54, 1.807) is 0 Å². The van der Waals surface area contributed by atoms with E-state index in [0.29, 0.717) is 6.61 Å². The molecule has 1 rings (SSSR count). The standard InChI is InChI=1S/C12H22F3NO2/c1-3-6-18-11-9(16-4-2)8-10(11)17-7-5-12(13,14)15/h9-11,16H,3-8H2,1-2H3. The lowest BCUT2D eigenvalue weighted by Crippen LogP contribution is -2.60. The second kappa shape index (κ2) is 7.31. The average Bonchev–Trinajstić information content (AvgIpc) is 2.25. The van der Waals surface area contributed by atoms with Gasteiger partial charge in [0.05, 0.1) is 25.2 Å². The Kier molecular flexibility index (Phi) is 6.38. The van der Waals surface area contributed by atoms with Gasteiger partial charge in [-0.1, -0.05) is 13.8 Å². The van der Waals surface area contributed by atoms with Crippen molar-refractivity contribution in [2.24, 2.45) is 0 Å².